The summed E-state index contributed by atoms with van der Waals surface area (Å²) in [4.78, 5) is 6.60. The zero-order valence-electron chi connectivity index (χ0n) is 19.3. The Morgan fingerprint density at radius 2 is 1.76 bits per heavy atom. The van der Waals surface area contributed by atoms with E-state index in [2.05, 4.69) is 15.6 Å². The third-order valence-electron chi connectivity index (χ3n) is 5.32. The van der Waals surface area contributed by atoms with Crippen LogP contribution in [-0.4, -0.2) is 53.0 Å². The maximum absolute atomic E-state index is 14.1. The second-order valence-corrected chi connectivity index (χ2v) is 7.39. The van der Waals surface area contributed by atoms with Crippen LogP contribution in [0.4, 0.5) is 14.5 Å². The molecular weight excluding hydrogens is 545 g/mol. The third-order valence-corrected chi connectivity index (χ3v) is 5.32. The molecule has 0 aliphatic carbocycles. The highest BCUT2D eigenvalue weighted by Crippen LogP contribution is 2.35. The number of nitrogens with zero attached hydrogens (tertiary/aromatic N) is 2. The summed E-state index contributed by atoms with van der Waals surface area (Å²) in [5.41, 5.74) is 1.26. The molecular formula is C23H31F2IN4O3. The van der Waals surface area contributed by atoms with Crippen LogP contribution in [0.5, 0.6) is 17.2 Å². The second-order valence-electron chi connectivity index (χ2n) is 7.39. The van der Waals surface area contributed by atoms with Crippen LogP contribution in [0.25, 0.3) is 0 Å². The Labute approximate surface area is 210 Å². The van der Waals surface area contributed by atoms with E-state index in [0.29, 0.717) is 55.1 Å². The second kappa shape index (κ2) is 12.7. The van der Waals surface area contributed by atoms with Crippen molar-refractivity contribution in [1.29, 1.82) is 0 Å². The molecule has 33 heavy (non-hydrogen) atoms. The van der Waals surface area contributed by atoms with Crippen molar-refractivity contribution in [2.24, 2.45) is 4.99 Å². The molecule has 2 aromatic rings. The van der Waals surface area contributed by atoms with E-state index in [1.54, 1.807) is 27.4 Å². The minimum atomic E-state index is -0.577. The number of hydrogen-bond acceptors (Lipinski definition) is 5. The first kappa shape index (κ1) is 26.7. The summed E-state index contributed by atoms with van der Waals surface area (Å²) in [6.07, 6.45) is 0.806. The Morgan fingerprint density at radius 3 is 2.39 bits per heavy atom. The highest BCUT2D eigenvalue weighted by molar-refractivity contribution is 14.0. The van der Waals surface area contributed by atoms with E-state index in [4.69, 9.17) is 14.2 Å². The molecule has 0 saturated carbocycles. The first-order valence-electron chi connectivity index (χ1n) is 10.5. The van der Waals surface area contributed by atoms with Crippen LogP contribution in [-0.2, 0) is 6.54 Å². The van der Waals surface area contributed by atoms with Gasteiger partial charge in [-0.25, -0.2) is 13.8 Å². The number of guanidine groups is 1. The lowest BCUT2D eigenvalue weighted by atomic mass is 10.1. The number of halogens is 3. The molecule has 0 bridgehead atoms. The van der Waals surface area contributed by atoms with E-state index in [9.17, 15) is 8.78 Å². The number of nitrogens with one attached hydrogen (secondary N) is 2. The molecule has 7 nitrogen and oxygen atoms in total. The predicted octanol–water partition coefficient (Wildman–Crippen LogP) is 3.94. The standard InChI is InChI=1S/C23H30F2N4O3.HI/c1-5-26-23(27-13-15-10-21(31-3)22(32-4)12-20(15)30-2)28-17-8-9-29(14-17)19-7-6-16(24)11-18(19)25;/h6-7,10-12,17H,5,8-9,13-14H2,1-4H3,(H2,26,27,28);1H. The van der Waals surface area contributed by atoms with Crippen molar-refractivity contribution in [3.8, 4) is 17.2 Å². The lowest BCUT2D eigenvalue weighted by molar-refractivity contribution is 0.347. The zero-order chi connectivity index (χ0) is 23.1. The van der Waals surface area contributed by atoms with Crippen molar-refractivity contribution in [1.82, 2.24) is 10.6 Å². The topological polar surface area (TPSA) is 67.4 Å². The Morgan fingerprint density at radius 1 is 1.06 bits per heavy atom. The van der Waals surface area contributed by atoms with Crippen LogP contribution in [0.1, 0.15) is 18.9 Å². The molecule has 1 aliphatic rings. The van der Waals surface area contributed by atoms with E-state index in [1.807, 2.05) is 17.9 Å². The Bertz CT molecular complexity index is 962. The van der Waals surface area contributed by atoms with Gasteiger partial charge >= 0.3 is 0 Å². The largest absolute Gasteiger partial charge is 0.496 e. The molecule has 3 rings (SSSR count). The molecule has 1 heterocycles. The van der Waals surface area contributed by atoms with Gasteiger partial charge in [0.25, 0.3) is 0 Å². The van der Waals surface area contributed by atoms with Crippen LogP contribution in [0.3, 0.4) is 0 Å². The fourth-order valence-corrected chi connectivity index (χ4v) is 3.73. The van der Waals surface area contributed by atoms with Gasteiger partial charge < -0.3 is 29.7 Å². The van der Waals surface area contributed by atoms with E-state index in [-0.39, 0.29) is 30.0 Å². The maximum Gasteiger partial charge on any atom is 0.191 e. The molecule has 0 aromatic heterocycles. The fraction of sp³-hybridized carbons (Fsp3) is 0.435. The first-order valence-corrected chi connectivity index (χ1v) is 10.5. The first-order chi connectivity index (χ1) is 15.5. The summed E-state index contributed by atoms with van der Waals surface area (Å²) in [5.74, 6) is 1.36. The normalized spacial score (nSPS) is 15.6. The number of hydrogen-bond donors (Lipinski definition) is 2. The van der Waals surface area contributed by atoms with Crippen LogP contribution < -0.4 is 29.7 Å². The van der Waals surface area contributed by atoms with Gasteiger partial charge in [-0.3, -0.25) is 0 Å². The zero-order valence-corrected chi connectivity index (χ0v) is 21.6. The fourth-order valence-electron chi connectivity index (χ4n) is 3.73. The van der Waals surface area contributed by atoms with Crippen LogP contribution in [0.15, 0.2) is 35.3 Å². The molecule has 182 valence electrons. The Kier molecular flexibility index (Phi) is 10.3. The van der Waals surface area contributed by atoms with Gasteiger partial charge in [0, 0.05) is 43.4 Å². The predicted molar refractivity (Wildman–Crippen MR) is 136 cm³/mol. The van der Waals surface area contributed by atoms with Crippen molar-refractivity contribution in [3.05, 3.63) is 47.5 Å². The van der Waals surface area contributed by atoms with E-state index in [0.717, 1.165) is 18.1 Å². The molecule has 1 fully saturated rings. The SMILES string of the molecule is CCNC(=NCc1cc(OC)c(OC)cc1OC)NC1CCN(c2ccc(F)cc2F)C1.I. The monoisotopic (exact) mass is 576 g/mol. The van der Waals surface area contributed by atoms with E-state index < -0.39 is 11.6 Å². The lowest BCUT2D eigenvalue weighted by Gasteiger charge is -2.21. The molecule has 1 saturated heterocycles. The van der Waals surface area contributed by atoms with Crippen molar-refractivity contribution in [2.75, 3.05) is 45.9 Å². The molecule has 0 amide bonds. The van der Waals surface area contributed by atoms with Gasteiger partial charge in [-0.1, -0.05) is 0 Å². The number of ether oxygens (including phenoxy) is 3. The molecule has 1 aliphatic heterocycles. The number of aliphatic imine (C=N–C) groups is 1. The van der Waals surface area contributed by atoms with Crippen molar-refractivity contribution >= 4 is 35.6 Å². The van der Waals surface area contributed by atoms with Crippen molar-refractivity contribution in [3.63, 3.8) is 0 Å². The summed E-state index contributed by atoms with van der Waals surface area (Å²) in [6.45, 7) is 4.30. The minimum Gasteiger partial charge on any atom is -0.496 e. The Balaban J connectivity index is 0.00000385. The molecule has 1 atom stereocenters. The highest BCUT2D eigenvalue weighted by Gasteiger charge is 2.25. The molecule has 2 N–H and O–H groups in total. The molecule has 10 heteroatoms. The van der Waals surface area contributed by atoms with Gasteiger partial charge in [0.1, 0.15) is 17.4 Å². The van der Waals surface area contributed by atoms with Gasteiger partial charge in [0.15, 0.2) is 17.5 Å². The van der Waals surface area contributed by atoms with Gasteiger partial charge in [-0.15, -0.1) is 24.0 Å². The number of methoxy groups -OCH3 is 3. The average Bonchev–Trinajstić information content (AvgIpc) is 3.25. The van der Waals surface area contributed by atoms with Gasteiger partial charge in [-0.05, 0) is 31.5 Å². The van der Waals surface area contributed by atoms with Crippen LogP contribution >= 0.6 is 24.0 Å². The summed E-state index contributed by atoms with van der Waals surface area (Å²) >= 11 is 0. The number of benzene rings is 2. The smallest absolute Gasteiger partial charge is 0.191 e. The molecule has 1 unspecified atom stereocenters. The van der Waals surface area contributed by atoms with Crippen molar-refractivity contribution < 1.29 is 23.0 Å². The highest BCUT2D eigenvalue weighted by atomic mass is 127. The minimum absolute atomic E-state index is 0. The number of rotatable bonds is 8. The van der Waals surface area contributed by atoms with E-state index >= 15 is 0 Å². The van der Waals surface area contributed by atoms with Gasteiger partial charge in [-0.2, -0.15) is 0 Å². The van der Waals surface area contributed by atoms with Gasteiger partial charge in [0.2, 0.25) is 0 Å². The molecule has 0 radical (unpaired) electrons. The average molecular weight is 576 g/mol. The number of anilines is 1. The molecule has 2 aromatic carbocycles. The van der Waals surface area contributed by atoms with Crippen LogP contribution in [0, 0.1) is 11.6 Å². The van der Waals surface area contributed by atoms with Gasteiger partial charge in [0.05, 0.1) is 33.6 Å². The summed E-state index contributed by atoms with van der Waals surface area (Å²) in [5, 5.41) is 6.65. The third kappa shape index (κ3) is 6.75. The Hall–Kier alpha value is -2.50. The van der Waals surface area contributed by atoms with Crippen molar-refractivity contribution in [2.45, 2.75) is 25.9 Å². The molecule has 0 spiro atoms. The summed E-state index contributed by atoms with van der Waals surface area (Å²) in [7, 11) is 4.75. The van der Waals surface area contributed by atoms with E-state index in [1.165, 1.54) is 12.1 Å². The summed E-state index contributed by atoms with van der Waals surface area (Å²) < 4.78 is 43.6. The lowest BCUT2D eigenvalue weighted by Crippen LogP contribution is -2.44. The quantitative estimate of drug-likeness (QED) is 0.282. The van der Waals surface area contributed by atoms with Crippen LogP contribution in [0.2, 0.25) is 0 Å². The maximum atomic E-state index is 14.1. The summed E-state index contributed by atoms with van der Waals surface area (Å²) in [6, 6.07) is 7.37.